The van der Waals surface area contributed by atoms with Gasteiger partial charge in [0, 0.05) is 31.7 Å². The summed E-state index contributed by atoms with van der Waals surface area (Å²) in [5.74, 6) is 8.81. The van der Waals surface area contributed by atoms with Gasteiger partial charge < -0.3 is 9.40 Å². The quantitative estimate of drug-likeness (QED) is 0.112. The fourth-order valence-corrected chi connectivity index (χ4v) is 11.7. The van der Waals surface area contributed by atoms with Gasteiger partial charge in [-0.05, 0) is 40.8 Å². The molecule has 7 aromatic rings. The van der Waals surface area contributed by atoms with Crippen LogP contribution in [0.3, 0.4) is 0 Å². The summed E-state index contributed by atoms with van der Waals surface area (Å²) >= 11 is -1.91. The molecule has 297 valence electrons. The minimum absolute atomic E-state index is 0. The van der Waals surface area contributed by atoms with E-state index in [1.54, 1.807) is 4.40 Å². The standard InChI is InChI=1S/C28H24NO.C24H34GeN.Ir/c1-28(2,3)18-19-14-15-29-25(16-19)24-11-7-10-23-22-13-12-21(17-26(22)30-27(23)24)20-8-5-4-6-9-20;1-18(2)14-22-16-24(26-17-23(22)25(3,4)5)21-13-9-12-20(15-21)19-10-7-6-8-11-19;/h4-10,12-17H,18H2,1-3H3;9,12,15-19H,6-8,10-11,14H2,1-5H3;/q2*-1;. The maximum absolute atomic E-state index is 6.37. The smallest absolute Gasteiger partial charge is 0 e. The van der Waals surface area contributed by atoms with Crippen LogP contribution in [0, 0.1) is 23.5 Å². The van der Waals surface area contributed by atoms with Crippen LogP contribution in [0.1, 0.15) is 89.3 Å². The average Bonchev–Trinajstić information content (AvgIpc) is 3.56. The summed E-state index contributed by atoms with van der Waals surface area (Å²) in [6, 6.07) is 41.0. The van der Waals surface area contributed by atoms with Gasteiger partial charge in [-0.1, -0.05) is 85.8 Å². The summed E-state index contributed by atoms with van der Waals surface area (Å²) in [5.41, 5.74) is 12.7. The molecule has 1 radical (unpaired) electrons. The molecule has 1 aliphatic carbocycles. The van der Waals surface area contributed by atoms with Crippen LogP contribution in [0.2, 0.25) is 17.3 Å². The molecule has 1 aliphatic rings. The molecule has 5 heteroatoms. The average molecular weight is 992 g/mol. The molecule has 0 spiro atoms. The molecular formula is C52H58GeIrN2O-2. The van der Waals surface area contributed by atoms with Crippen molar-refractivity contribution in [2.75, 3.05) is 0 Å². The van der Waals surface area contributed by atoms with Gasteiger partial charge in [-0.15, -0.1) is 18.2 Å². The van der Waals surface area contributed by atoms with Crippen molar-refractivity contribution < 1.29 is 24.5 Å². The van der Waals surface area contributed by atoms with Crippen molar-refractivity contribution in [1.82, 2.24) is 9.97 Å². The number of aromatic nitrogens is 2. The van der Waals surface area contributed by atoms with Gasteiger partial charge in [0.15, 0.2) is 0 Å². The Morgan fingerprint density at radius 1 is 0.772 bits per heavy atom. The maximum Gasteiger partial charge on any atom is 0 e. The zero-order chi connectivity index (χ0) is 39.5. The second-order valence-corrected chi connectivity index (χ2v) is 29.1. The molecule has 0 bridgehead atoms. The number of pyridine rings is 2. The second-order valence-electron chi connectivity index (χ2n) is 18.5. The maximum atomic E-state index is 6.37. The molecule has 3 heterocycles. The third kappa shape index (κ3) is 10.6. The van der Waals surface area contributed by atoms with Crippen molar-refractivity contribution >= 4 is 39.6 Å². The second kappa shape index (κ2) is 18.4. The number of fused-ring (bicyclic) bond motifs is 3. The summed E-state index contributed by atoms with van der Waals surface area (Å²) < 4.78 is 7.93. The Hall–Kier alpha value is -3.83. The Morgan fingerprint density at radius 2 is 1.53 bits per heavy atom. The van der Waals surface area contributed by atoms with E-state index in [9.17, 15) is 0 Å². The minimum atomic E-state index is -1.91. The van der Waals surface area contributed by atoms with E-state index in [0.29, 0.717) is 5.92 Å². The molecule has 3 nitrogen and oxygen atoms in total. The largest absolute Gasteiger partial charge is 0 e. The number of hydrogen-bond donors (Lipinski definition) is 0. The van der Waals surface area contributed by atoms with Crippen molar-refractivity contribution in [2.24, 2.45) is 11.3 Å². The number of benzene rings is 4. The van der Waals surface area contributed by atoms with Crippen LogP contribution in [0.25, 0.3) is 55.6 Å². The van der Waals surface area contributed by atoms with E-state index < -0.39 is 13.3 Å². The van der Waals surface area contributed by atoms with Crippen molar-refractivity contribution in [2.45, 2.75) is 103 Å². The van der Waals surface area contributed by atoms with Gasteiger partial charge >= 0.3 is 163 Å². The van der Waals surface area contributed by atoms with Gasteiger partial charge in [0.25, 0.3) is 0 Å². The fraction of sp³-hybridized carbons (Fsp3) is 0.346. The molecule has 1 saturated carbocycles. The molecular weight excluding hydrogens is 933 g/mol. The van der Waals surface area contributed by atoms with E-state index in [4.69, 9.17) is 9.40 Å². The fourth-order valence-electron chi connectivity index (χ4n) is 8.33. The van der Waals surface area contributed by atoms with Crippen LogP contribution in [0.15, 0.2) is 114 Å². The van der Waals surface area contributed by atoms with Gasteiger partial charge in [-0.3, -0.25) is 0 Å². The summed E-state index contributed by atoms with van der Waals surface area (Å²) in [6.45, 7) is 11.4. The summed E-state index contributed by atoms with van der Waals surface area (Å²) in [7, 11) is 0. The molecule has 0 unspecified atom stereocenters. The van der Waals surface area contributed by atoms with Crippen LogP contribution in [-0.2, 0) is 32.9 Å². The van der Waals surface area contributed by atoms with Crippen LogP contribution in [0.5, 0.6) is 0 Å². The number of hydrogen-bond acceptors (Lipinski definition) is 3. The Labute approximate surface area is 357 Å². The van der Waals surface area contributed by atoms with Gasteiger partial charge in [0.2, 0.25) is 0 Å². The van der Waals surface area contributed by atoms with Crippen molar-refractivity contribution in [1.29, 1.82) is 0 Å². The first kappa shape index (κ1) is 42.8. The Morgan fingerprint density at radius 3 is 2.25 bits per heavy atom. The number of furan rings is 1. The van der Waals surface area contributed by atoms with Crippen molar-refractivity contribution in [3.8, 4) is 33.6 Å². The van der Waals surface area contributed by atoms with Gasteiger partial charge in [-0.2, -0.15) is 0 Å². The third-order valence-electron chi connectivity index (χ3n) is 11.0. The monoisotopic (exact) mass is 993 g/mol. The third-order valence-corrected chi connectivity index (χ3v) is 15.3. The zero-order valence-corrected chi connectivity index (χ0v) is 39.6. The first-order valence-electron chi connectivity index (χ1n) is 20.7. The molecule has 57 heavy (non-hydrogen) atoms. The first-order valence-corrected chi connectivity index (χ1v) is 28.1. The van der Waals surface area contributed by atoms with E-state index in [-0.39, 0.29) is 25.5 Å². The van der Waals surface area contributed by atoms with Crippen LogP contribution in [0.4, 0.5) is 0 Å². The van der Waals surface area contributed by atoms with E-state index in [1.807, 2.05) is 18.3 Å². The van der Waals surface area contributed by atoms with Crippen LogP contribution >= 0.6 is 0 Å². The number of nitrogens with zero attached hydrogens (tertiary/aromatic N) is 2. The summed E-state index contributed by atoms with van der Waals surface area (Å²) in [5, 5.41) is 2.21. The normalized spacial score (nSPS) is 13.7. The van der Waals surface area contributed by atoms with Crippen LogP contribution in [-0.4, -0.2) is 23.2 Å². The van der Waals surface area contributed by atoms with Crippen molar-refractivity contribution in [3.63, 3.8) is 0 Å². The van der Waals surface area contributed by atoms with Crippen molar-refractivity contribution in [3.05, 3.63) is 138 Å². The van der Waals surface area contributed by atoms with E-state index in [1.165, 1.54) is 59.9 Å². The Bertz CT molecular complexity index is 2410. The molecule has 0 saturated heterocycles. The van der Waals surface area contributed by atoms with E-state index in [2.05, 4.69) is 160 Å². The molecule has 0 amide bonds. The number of rotatable bonds is 8. The Kier molecular flexibility index (Phi) is 13.8. The van der Waals surface area contributed by atoms with Gasteiger partial charge in [0.05, 0.1) is 5.58 Å². The molecule has 0 N–H and O–H groups in total. The van der Waals surface area contributed by atoms with Crippen LogP contribution < -0.4 is 4.40 Å². The summed E-state index contributed by atoms with van der Waals surface area (Å²) in [6.07, 6.45) is 13.1. The SMILES string of the molecule is CC(C)(C)Cc1ccnc(-c2[c-]ccc3c2oc2cc(-c4ccccc4)ccc23)c1.CC(C)Cc1cc(-c2[c-]ccc(C3CCCCC3)c2)nc[c]1[Ge]([CH3])([CH3])[CH3].[Ir]. The van der Waals surface area contributed by atoms with E-state index in [0.717, 1.165) is 63.2 Å². The molecule has 0 aliphatic heterocycles. The first-order chi connectivity index (χ1) is 26.8. The molecule has 8 rings (SSSR count). The predicted octanol–water partition coefficient (Wildman–Crippen LogP) is 14.0. The minimum Gasteiger partial charge on any atom is 0 e. The van der Waals surface area contributed by atoms with Gasteiger partial charge in [0.1, 0.15) is 5.58 Å². The molecule has 1 fully saturated rings. The molecule has 0 atom stereocenters. The predicted molar refractivity (Wildman–Crippen MR) is 240 cm³/mol. The van der Waals surface area contributed by atoms with E-state index >= 15 is 0 Å². The molecule has 3 aromatic heterocycles. The summed E-state index contributed by atoms with van der Waals surface area (Å²) in [4.78, 5) is 9.52. The topological polar surface area (TPSA) is 38.9 Å². The zero-order valence-electron chi connectivity index (χ0n) is 35.1. The Balaban J connectivity index is 0.000000192. The van der Waals surface area contributed by atoms with Gasteiger partial charge in [-0.25, -0.2) is 0 Å². The molecule has 4 aromatic carbocycles.